The summed E-state index contributed by atoms with van der Waals surface area (Å²) in [6, 6.07) is 7.32. The number of rotatable bonds is 4. The first-order chi connectivity index (χ1) is 10.7. The summed E-state index contributed by atoms with van der Waals surface area (Å²) in [5.41, 5.74) is 0.735. The van der Waals surface area contributed by atoms with E-state index in [9.17, 15) is 9.59 Å². The summed E-state index contributed by atoms with van der Waals surface area (Å²) in [5.74, 6) is 0.625. The predicted molar refractivity (Wildman–Crippen MR) is 79.3 cm³/mol. The molecular weight excluding hydrogens is 282 g/mol. The molecule has 3 aliphatic rings. The maximum Gasteiger partial charge on any atom is 0.310 e. The average molecular weight is 301 g/mol. The number of carbonyl (C=O) groups is 2. The number of hydrogen-bond donors (Lipinski definition) is 1. The van der Waals surface area contributed by atoms with Gasteiger partial charge in [-0.2, -0.15) is 0 Å². The monoisotopic (exact) mass is 301 g/mol. The van der Waals surface area contributed by atoms with E-state index in [-0.39, 0.29) is 41.7 Å². The quantitative estimate of drug-likeness (QED) is 0.866. The molecule has 1 aromatic carbocycles. The zero-order valence-corrected chi connectivity index (χ0v) is 12.5. The fraction of sp³-hybridized carbons (Fsp3) is 0.529. The number of carbonyl (C=O) groups excluding carboxylic acids is 2. The van der Waals surface area contributed by atoms with E-state index in [1.807, 2.05) is 31.2 Å². The van der Waals surface area contributed by atoms with Gasteiger partial charge >= 0.3 is 5.97 Å². The summed E-state index contributed by atoms with van der Waals surface area (Å²) in [7, 11) is 0. The molecule has 1 aliphatic heterocycles. The third-order valence-electron chi connectivity index (χ3n) is 5.22. The van der Waals surface area contributed by atoms with Gasteiger partial charge in [0.1, 0.15) is 11.9 Å². The molecule has 1 amide bonds. The van der Waals surface area contributed by atoms with E-state index < -0.39 is 0 Å². The SMILES string of the molecule is CCOc1ccc(NC(=O)[C@@H]2[C@@H]3C[C@@H]4[C@H]2C(=O)O[C@@H]4C3)cc1. The van der Waals surface area contributed by atoms with Gasteiger partial charge in [0.2, 0.25) is 5.91 Å². The maximum atomic E-state index is 12.6. The maximum absolute atomic E-state index is 12.6. The van der Waals surface area contributed by atoms with E-state index in [1.165, 1.54) is 0 Å². The molecule has 2 aliphatic carbocycles. The lowest BCUT2D eigenvalue weighted by Crippen LogP contribution is -2.35. The number of benzene rings is 1. The van der Waals surface area contributed by atoms with Gasteiger partial charge in [0, 0.05) is 11.6 Å². The molecule has 1 aromatic rings. The molecule has 5 heteroatoms. The van der Waals surface area contributed by atoms with Crippen LogP contribution < -0.4 is 10.1 Å². The Morgan fingerprint density at radius 1 is 1.32 bits per heavy atom. The van der Waals surface area contributed by atoms with Crippen molar-refractivity contribution < 1.29 is 19.1 Å². The molecule has 22 heavy (non-hydrogen) atoms. The summed E-state index contributed by atoms with van der Waals surface area (Å²) in [4.78, 5) is 24.6. The Morgan fingerprint density at radius 2 is 2.09 bits per heavy atom. The third kappa shape index (κ3) is 1.99. The van der Waals surface area contributed by atoms with E-state index in [0.717, 1.165) is 24.3 Å². The van der Waals surface area contributed by atoms with E-state index in [0.29, 0.717) is 6.61 Å². The van der Waals surface area contributed by atoms with Crippen LogP contribution in [0.1, 0.15) is 19.8 Å². The van der Waals surface area contributed by atoms with Crippen molar-refractivity contribution in [1.29, 1.82) is 0 Å². The number of esters is 1. The second kappa shape index (κ2) is 5.00. The summed E-state index contributed by atoms with van der Waals surface area (Å²) in [5, 5.41) is 2.94. The molecule has 1 heterocycles. The van der Waals surface area contributed by atoms with Crippen LogP contribution in [-0.2, 0) is 14.3 Å². The van der Waals surface area contributed by atoms with Crippen molar-refractivity contribution in [2.24, 2.45) is 23.7 Å². The van der Waals surface area contributed by atoms with Crippen molar-refractivity contribution >= 4 is 17.6 Å². The van der Waals surface area contributed by atoms with Crippen molar-refractivity contribution in [1.82, 2.24) is 0 Å². The highest BCUT2D eigenvalue weighted by Crippen LogP contribution is 2.57. The minimum Gasteiger partial charge on any atom is -0.494 e. The van der Waals surface area contributed by atoms with E-state index in [2.05, 4.69) is 5.32 Å². The van der Waals surface area contributed by atoms with Crippen LogP contribution in [0.4, 0.5) is 5.69 Å². The number of fused-ring (bicyclic) bond motifs is 1. The van der Waals surface area contributed by atoms with Crippen molar-refractivity contribution in [3.8, 4) is 5.75 Å². The highest BCUT2D eigenvalue weighted by Gasteiger charge is 2.63. The van der Waals surface area contributed by atoms with Gasteiger partial charge in [0.05, 0.1) is 18.4 Å². The lowest BCUT2D eigenvalue weighted by Gasteiger charge is -2.23. The first-order valence-electron chi connectivity index (χ1n) is 7.91. The molecule has 116 valence electrons. The Balaban J connectivity index is 1.47. The van der Waals surface area contributed by atoms with E-state index in [1.54, 1.807) is 0 Å². The second-order valence-corrected chi connectivity index (χ2v) is 6.37. The number of hydrogen-bond acceptors (Lipinski definition) is 4. The number of anilines is 1. The van der Waals surface area contributed by atoms with Crippen LogP contribution in [0.15, 0.2) is 24.3 Å². The lowest BCUT2D eigenvalue weighted by molar-refractivity contribution is -0.145. The fourth-order valence-corrected chi connectivity index (χ4v) is 4.39. The van der Waals surface area contributed by atoms with Crippen LogP contribution in [0.2, 0.25) is 0 Å². The molecule has 0 radical (unpaired) electrons. The van der Waals surface area contributed by atoms with Crippen molar-refractivity contribution in [2.75, 3.05) is 11.9 Å². The first-order valence-corrected chi connectivity index (χ1v) is 7.91. The summed E-state index contributed by atoms with van der Waals surface area (Å²) < 4.78 is 10.8. The van der Waals surface area contributed by atoms with Gasteiger partial charge in [0.25, 0.3) is 0 Å². The van der Waals surface area contributed by atoms with Crippen LogP contribution in [0.5, 0.6) is 5.75 Å². The van der Waals surface area contributed by atoms with Crippen LogP contribution in [-0.4, -0.2) is 24.6 Å². The molecule has 0 aromatic heterocycles. The van der Waals surface area contributed by atoms with Gasteiger partial charge in [-0.3, -0.25) is 9.59 Å². The smallest absolute Gasteiger partial charge is 0.310 e. The second-order valence-electron chi connectivity index (χ2n) is 6.37. The van der Waals surface area contributed by atoms with E-state index in [4.69, 9.17) is 9.47 Å². The van der Waals surface area contributed by atoms with Crippen LogP contribution in [0.25, 0.3) is 0 Å². The topological polar surface area (TPSA) is 64.6 Å². The lowest BCUT2D eigenvalue weighted by atomic mass is 9.79. The first kappa shape index (κ1) is 13.6. The standard InChI is InChI=1S/C17H19NO4/c1-2-21-11-5-3-10(4-6-11)18-16(19)14-9-7-12-13(8-9)22-17(20)15(12)14/h3-6,9,12-15H,2,7-8H2,1H3,(H,18,19)/t9-,12+,13-,14-,15-/m1/s1. The number of ether oxygens (including phenoxy) is 2. The Labute approximate surface area is 129 Å². The molecule has 3 fully saturated rings. The predicted octanol–water partition coefficient (Wildman–Crippen LogP) is 2.22. The molecule has 2 saturated carbocycles. The van der Waals surface area contributed by atoms with Gasteiger partial charge in [-0.25, -0.2) is 0 Å². The zero-order chi connectivity index (χ0) is 15.3. The molecule has 0 spiro atoms. The Bertz CT molecular complexity index is 610. The third-order valence-corrected chi connectivity index (χ3v) is 5.22. The van der Waals surface area contributed by atoms with Crippen molar-refractivity contribution in [3.63, 3.8) is 0 Å². The Kier molecular flexibility index (Phi) is 3.10. The Hall–Kier alpha value is -2.04. The number of amides is 1. The molecule has 5 nitrogen and oxygen atoms in total. The van der Waals surface area contributed by atoms with Gasteiger partial charge in [-0.05, 0) is 49.9 Å². The van der Waals surface area contributed by atoms with Gasteiger partial charge < -0.3 is 14.8 Å². The van der Waals surface area contributed by atoms with Crippen LogP contribution in [0.3, 0.4) is 0 Å². The van der Waals surface area contributed by atoms with Crippen LogP contribution in [0, 0.1) is 23.7 Å². The van der Waals surface area contributed by atoms with Crippen LogP contribution >= 0.6 is 0 Å². The fourth-order valence-electron chi connectivity index (χ4n) is 4.39. The minimum absolute atomic E-state index is 0.0565. The summed E-state index contributed by atoms with van der Waals surface area (Å²) >= 11 is 0. The molecule has 5 atom stereocenters. The van der Waals surface area contributed by atoms with Crippen molar-refractivity contribution in [3.05, 3.63) is 24.3 Å². The van der Waals surface area contributed by atoms with Crippen molar-refractivity contribution in [2.45, 2.75) is 25.9 Å². The minimum atomic E-state index is -0.234. The Morgan fingerprint density at radius 3 is 2.82 bits per heavy atom. The molecule has 2 bridgehead atoms. The molecule has 1 saturated heterocycles. The van der Waals surface area contributed by atoms with Gasteiger partial charge in [0.15, 0.2) is 0 Å². The van der Waals surface area contributed by atoms with Gasteiger partial charge in [-0.1, -0.05) is 0 Å². The largest absolute Gasteiger partial charge is 0.494 e. The summed E-state index contributed by atoms with van der Waals surface area (Å²) in [6.07, 6.45) is 1.86. The molecule has 0 unspecified atom stereocenters. The highest BCUT2D eigenvalue weighted by atomic mass is 16.6. The zero-order valence-electron chi connectivity index (χ0n) is 12.5. The summed E-state index contributed by atoms with van der Waals surface area (Å²) in [6.45, 7) is 2.54. The molecule has 4 rings (SSSR count). The molecular formula is C17H19NO4. The highest BCUT2D eigenvalue weighted by molar-refractivity contribution is 5.97. The normalized spacial score (nSPS) is 34.6. The number of nitrogens with one attached hydrogen (secondary N) is 1. The van der Waals surface area contributed by atoms with E-state index >= 15 is 0 Å². The average Bonchev–Trinajstić information content (AvgIpc) is 3.11. The van der Waals surface area contributed by atoms with Gasteiger partial charge in [-0.15, -0.1) is 0 Å². The molecule has 1 N–H and O–H groups in total.